The zero-order chi connectivity index (χ0) is 18.5. The van der Waals surface area contributed by atoms with E-state index in [9.17, 15) is 4.79 Å². The van der Waals surface area contributed by atoms with Crippen LogP contribution in [0, 0.1) is 34.5 Å². The summed E-state index contributed by atoms with van der Waals surface area (Å²) in [7, 11) is 2.06. The third-order valence-corrected chi connectivity index (χ3v) is 5.00. The molecular formula is C22H21N3O. The van der Waals surface area contributed by atoms with Crippen LogP contribution in [0.5, 0.6) is 0 Å². The fourth-order valence-electron chi connectivity index (χ4n) is 3.67. The van der Waals surface area contributed by atoms with Crippen LogP contribution in [0.3, 0.4) is 0 Å². The molecule has 4 heteroatoms. The maximum atomic E-state index is 13.0. The van der Waals surface area contributed by atoms with E-state index in [4.69, 9.17) is 10.5 Å². The molecule has 0 radical (unpaired) electrons. The predicted octanol–water partition coefficient (Wildman–Crippen LogP) is 2.96. The van der Waals surface area contributed by atoms with Crippen molar-refractivity contribution in [3.05, 3.63) is 70.8 Å². The molecule has 4 nitrogen and oxygen atoms in total. The largest absolute Gasteiger partial charge is 0.305 e. The fourth-order valence-corrected chi connectivity index (χ4v) is 3.67. The lowest BCUT2D eigenvalue weighted by atomic mass is 9.81. The molecule has 130 valence electrons. The Balaban J connectivity index is 1.70. The van der Waals surface area contributed by atoms with Gasteiger partial charge in [0.05, 0.1) is 23.3 Å². The van der Waals surface area contributed by atoms with Crippen molar-refractivity contribution in [2.24, 2.45) is 11.8 Å². The number of Topliss-reactive ketones (excluding diaryl/α,β-unsaturated/α-hetero) is 1. The van der Waals surface area contributed by atoms with Crippen molar-refractivity contribution in [3.8, 4) is 12.1 Å². The van der Waals surface area contributed by atoms with Gasteiger partial charge < -0.3 is 4.90 Å². The Morgan fingerprint density at radius 2 is 1.23 bits per heavy atom. The highest BCUT2D eigenvalue weighted by Gasteiger charge is 2.33. The summed E-state index contributed by atoms with van der Waals surface area (Å²) in [6, 6.07) is 19.2. The number of carbonyl (C=O) groups excluding carboxylic acids is 1. The highest BCUT2D eigenvalue weighted by Crippen LogP contribution is 2.24. The smallest absolute Gasteiger partial charge is 0.142 e. The summed E-state index contributed by atoms with van der Waals surface area (Å²) in [5.41, 5.74) is 3.46. The third-order valence-electron chi connectivity index (χ3n) is 5.00. The standard InChI is InChI=1S/C22H21N3O/c1-25-14-20(10-16-2-6-18(12-23)7-3-16)22(26)21(15-25)11-17-4-8-19(13-24)9-5-17/h2-9,20-21H,10-11,14-15H2,1H3. The lowest BCUT2D eigenvalue weighted by Crippen LogP contribution is -2.46. The number of benzene rings is 2. The molecule has 0 bridgehead atoms. The molecule has 2 unspecified atom stereocenters. The summed E-state index contributed by atoms with van der Waals surface area (Å²) in [5, 5.41) is 17.8. The van der Waals surface area contributed by atoms with Gasteiger partial charge in [0, 0.05) is 24.9 Å². The van der Waals surface area contributed by atoms with Crippen molar-refractivity contribution in [1.29, 1.82) is 10.5 Å². The summed E-state index contributed by atoms with van der Waals surface area (Å²) in [6.45, 7) is 1.53. The van der Waals surface area contributed by atoms with Crippen molar-refractivity contribution < 1.29 is 4.79 Å². The van der Waals surface area contributed by atoms with Gasteiger partial charge in [-0.3, -0.25) is 4.79 Å². The summed E-state index contributed by atoms with van der Waals surface area (Å²) in [6.07, 6.45) is 1.41. The van der Waals surface area contributed by atoms with Crippen LogP contribution in [-0.2, 0) is 17.6 Å². The molecule has 0 saturated carbocycles. The Bertz CT molecular complexity index is 785. The zero-order valence-corrected chi connectivity index (χ0v) is 14.9. The number of nitriles is 2. The van der Waals surface area contributed by atoms with Crippen LogP contribution in [0.1, 0.15) is 22.3 Å². The van der Waals surface area contributed by atoms with Crippen LogP contribution in [0.25, 0.3) is 0 Å². The topological polar surface area (TPSA) is 67.9 Å². The first-order valence-electron chi connectivity index (χ1n) is 8.79. The summed E-state index contributed by atoms with van der Waals surface area (Å²) in [5.74, 6) is 0.270. The van der Waals surface area contributed by atoms with E-state index in [0.717, 1.165) is 24.2 Å². The molecule has 3 rings (SSSR count). The molecule has 1 saturated heterocycles. The van der Waals surface area contributed by atoms with E-state index in [1.54, 1.807) is 24.3 Å². The van der Waals surface area contributed by atoms with Crippen LogP contribution in [-0.4, -0.2) is 30.8 Å². The predicted molar refractivity (Wildman–Crippen MR) is 99.2 cm³/mol. The van der Waals surface area contributed by atoms with Gasteiger partial charge in [-0.15, -0.1) is 0 Å². The van der Waals surface area contributed by atoms with Crippen molar-refractivity contribution in [2.75, 3.05) is 20.1 Å². The second-order valence-corrected chi connectivity index (χ2v) is 7.04. The van der Waals surface area contributed by atoms with Crippen LogP contribution in [0.2, 0.25) is 0 Å². The molecule has 1 aliphatic heterocycles. The monoisotopic (exact) mass is 343 g/mol. The Labute approximate surface area is 154 Å². The van der Waals surface area contributed by atoms with Crippen molar-refractivity contribution >= 4 is 5.78 Å². The Kier molecular flexibility index (Phi) is 5.46. The van der Waals surface area contributed by atoms with Gasteiger partial charge in [0.15, 0.2) is 0 Å². The molecule has 0 spiro atoms. The van der Waals surface area contributed by atoms with Crippen molar-refractivity contribution in [3.63, 3.8) is 0 Å². The fraction of sp³-hybridized carbons (Fsp3) is 0.318. The minimum atomic E-state index is -0.0231. The number of piperidine rings is 1. The van der Waals surface area contributed by atoms with Crippen molar-refractivity contribution in [1.82, 2.24) is 4.90 Å². The number of likely N-dealkylation sites (tertiary alicyclic amines) is 1. The van der Waals surface area contributed by atoms with E-state index in [-0.39, 0.29) is 11.8 Å². The van der Waals surface area contributed by atoms with E-state index in [1.807, 2.05) is 24.3 Å². The lowest BCUT2D eigenvalue weighted by molar-refractivity contribution is -0.130. The summed E-state index contributed by atoms with van der Waals surface area (Å²) in [4.78, 5) is 15.2. The van der Waals surface area contributed by atoms with Gasteiger partial charge in [0.1, 0.15) is 5.78 Å². The second-order valence-electron chi connectivity index (χ2n) is 7.04. The first-order chi connectivity index (χ1) is 12.6. The Morgan fingerprint density at radius 3 is 1.58 bits per heavy atom. The Morgan fingerprint density at radius 1 is 0.846 bits per heavy atom. The third kappa shape index (κ3) is 4.17. The van der Waals surface area contributed by atoms with Crippen LogP contribution >= 0.6 is 0 Å². The average Bonchev–Trinajstić information content (AvgIpc) is 2.66. The molecule has 2 aromatic carbocycles. The first kappa shape index (κ1) is 17.9. The first-order valence-corrected chi connectivity index (χ1v) is 8.79. The molecule has 1 heterocycles. The van der Waals surface area contributed by atoms with Gasteiger partial charge in [-0.25, -0.2) is 0 Å². The van der Waals surface area contributed by atoms with E-state index >= 15 is 0 Å². The van der Waals surface area contributed by atoms with Crippen molar-refractivity contribution in [2.45, 2.75) is 12.8 Å². The summed E-state index contributed by atoms with van der Waals surface area (Å²) >= 11 is 0. The minimum absolute atomic E-state index is 0.0231. The number of rotatable bonds is 4. The highest BCUT2D eigenvalue weighted by atomic mass is 16.1. The van der Waals surface area contributed by atoms with Gasteiger partial charge in [-0.05, 0) is 55.3 Å². The molecule has 0 amide bonds. The number of carbonyl (C=O) groups is 1. The molecule has 26 heavy (non-hydrogen) atoms. The number of nitrogens with zero attached hydrogens (tertiary/aromatic N) is 3. The van der Waals surface area contributed by atoms with Gasteiger partial charge in [0.25, 0.3) is 0 Å². The van der Waals surface area contributed by atoms with E-state index < -0.39 is 0 Å². The van der Waals surface area contributed by atoms with E-state index in [0.29, 0.717) is 29.8 Å². The van der Waals surface area contributed by atoms with Gasteiger partial charge in [-0.1, -0.05) is 24.3 Å². The quantitative estimate of drug-likeness (QED) is 0.856. The van der Waals surface area contributed by atoms with Crippen LogP contribution < -0.4 is 0 Å². The van der Waals surface area contributed by atoms with E-state index in [2.05, 4.69) is 24.1 Å². The molecule has 2 atom stereocenters. The van der Waals surface area contributed by atoms with Crippen LogP contribution in [0.15, 0.2) is 48.5 Å². The number of hydrogen-bond acceptors (Lipinski definition) is 4. The van der Waals surface area contributed by atoms with E-state index in [1.165, 1.54) is 0 Å². The molecule has 0 aromatic heterocycles. The average molecular weight is 343 g/mol. The van der Waals surface area contributed by atoms with Gasteiger partial charge >= 0.3 is 0 Å². The van der Waals surface area contributed by atoms with Gasteiger partial charge in [0.2, 0.25) is 0 Å². The number of hydrogen-bond donors (Lipinski definition) is 0. The molecule has 2 aromatic rings. The van der Waals surface area contributed by atoms with Gasteiger partial charge in [-0.2, -0.15) is 10.5 Å². The maximum Gasteiger partial charge on any atom is 0.142 e. The number of ketones is 1. The second kappa shape index (κ2) is 7.95. The Hall–Kier alpha value is -2.95. The molecule has 1 aliphatic rings. The SMILES string of the molecule is CN1CC(Cc2ccc(C#N)cc2)C(=O)C(Cc2ccc(C#N)cc2)C1. The minimum Gasteiger partial charge on any atom is -0.305 e. The summed E-state index contributed by atoms with van der Waals surface area (Å²) < 4.78 is 0. The lowest BCUT2D eigenvalue weighted by Gasteiger charge is -2.34. The molecular weight excluding hydrogens is 322 g/mol. The maximum absolute atomic E-state index is 13.0. The highest BCUT2D eigenvalue weighted by molar-refractivity contribution is 5.85. The van der Waals surface area contributed by atoms with Crippen LogP contribution in [0.4, 0.5) is 0 Å². The molecule has 0 aliphatic carbocycles. The normalized spacial score (nSPS) is 20.3. The molecule has 0 N–H and O–H groups in total. The zero-order valence-electron chi connectivity index (χ0n) is 14.9. The molecule has 1 fully saturated rings.